The number of hydrogen-bond donors (Lipinski definition) is 0. The minimum atomic E-state index is -0.257. The van der Waals surface area contributed by atoms with E-state index >= 15 is 0 Å². The third kappa shape index (κ3) is 3.01. The van der Waals surface area contributed by atoms with Crippen molar-refractivity contribution in [2.75, 3.05) is 6.61 Å². The van der Waals surface area contributed by atoms with E-state index in [1.807, 2.05) is 0 Å². The Kier molecular flexibility index (Phi) is 4.75. The maximum atomic E-state index is 6.85. The first-order valence-corrected chi connectivity index (χ1v) is 14.0. The lowest BCUT2D eigenvalue weighted by Gasteiger charge is -2.61. The topological polar surface area (TPSA) is 36.9 Å². The number of ether oxygens (including phenoxy) is 2. The predicted molar refractivity (Wildman–Crippen MR) is 122 cm³/mol. The molecule has 32 heavy (non-hydrogen) atoms. The fourth-order valence-electron chi connectivity index (χ4n) is 10.6. The van der Waals surface area contributed by atoms with Gasteiger partial charge in [-0.2, -0.15) is 0 Å². The van der Waals surface area contributed by atoms with E-state index in [4.69, 9.17) is 19.2 Å². The quantitative estimate of drug-likeness (QED) is 0.479. The molecule has 0 radical (unpaired) electrons. The number of fused-ring (bicyclic) bond motifs is 2. The second-order valence-electron chi connectivity index (χ2n) is 13.9. The molecule has 0 aromatic heterocycles. The molecule has 9 fully saturated rings. The smallest absolute Gasteiger partial charge is 0.160 e. The maximum absolute atomic E-state index is 6.85. The van der Waals surface area contributed by atoms with Crippen LogP contribution in [0, 0.1) is 46.8 Å². The van der Waals surface area contributed by atoms with E-state index in [0.717, 1.165) is 37.2 Å². The Bertz CT molecular complexity index is 716. The summed E-state index contributed by atoms with van der Waals surface area (Å²) in [7, 11) is 0. The zero-order valence-electron chi connectivity index (χ0n) is 20.5. The van der Waals surface area contributed by atoms with Gasteiger partial charge in [-0.25, -0.2) is 9.78 Å². The van der Waals surface area contributed by atoms with Crippen LogP contribution in [0.5, 0.6) is 0 Å². The standard InChI is InChI=1S/C28H44O4/c1-17-4-5-23-18(2)25(30-24-16-26(3)7-6-22(17)28(23,24)32-31-26)29-9-8-27-13-19-10-20(14-27)12-21(11-19)15-27/h17-25H,4-16H2,1-3H3/t17-,18-,19?,20?,21?,22+,23+,24-,25-,26+,27?,28-/m1/s1. The van der Waals surface area contributed by atoms with Gasteiger partial charge in [0.2, 0.25) is 0 Å². The number of rotatable bonds is 4. The van der Waals surface area contributed by atoms with Crippen LogP contribution in [0.3, 0.4) is 0 Å². The highest BCUT2D eigenvalue weighted by Gasteiger charge is 2.68. The lowest BCUT2D eigenvalue weighted by atomic mass is 9.49. The first kappa shape index (κ1) is 21.1. The minimum Gasteiger partial charge on any atom is -0.352 e. The van der Waals surface area contributed by atoms with Gasteiger partial charge in [0.25, 0.3) is 0 Å². The molecular weight excluding hydrogens is 400 g/mol. The van der Waals surface area contributed by atoms with E-state index in [9.17, 15) is 0 Å². The van der Waals surface area contributed by atoms with E-state index in [1.165, 1.54) is 64.2 Å². The summed E-state index contributed by atoms with van der Waals surface area (Å²) in [6, 6.07) is 0. The summed E-state index contributed by atoms with van der Waals surface area (Å²) in [6.45, 7) is 7.89. The third-order valence-electron chi connectivity index (χ3n) is 11.7. The van der Waals surface area contributed by atoms with Gasteiger partial charge in [-0.1, -0.05) is 13.8 Å². The summed E-state index contributed by atoms with van der Waals surface area (Å²) < 4.78 is 13.5. The summed E-state index contributed by atoms with van der Waals surface area (Å²) in [6.07, 6.45) is 16.0. The van der Waals surface area contributed by atoms with Gasteiger partial charge in [0.1, 0.15) is 11.2 Å². The van der Waals surface area contributed by atoms with E-state index in [0.29, 0.717) is 29.1 Å². The molecule has 0 aromatic rings. The van der Waals surface area contributed by atoms with Crippen LogP contribution in [0.15, 0.2) is 0 Å². The normalized spacial score (nSPS) is 60.3. The molecule has 6 saturated carbocycles. The van der Waals surface area contributed by atoms with Crippen molar-refractivity contribution in [1.82, 2.24) is 0 Å². The largest absolute Gasteiger partial charge is 0.352 e. The van der Waals surface area contributed by atoms with Crippen LogP contribution in [0.1, 0.15) is 97.8 Å². The van der Waals surface area contributed by atoms with Crippen LogP contribution in [0.2, 0.25) is 0 Å². The Hall–Kier alpha value is -0.160. The average molecular weight is 445 g/mol. The van der Waals surface area contributed by atoms with Crippen molar-refractivity contribution in [2.45, 2.75) is 121 Å². The maximum Gasteiger partial charge on any atom is 0.160 e. The fraction of sp³-hybridized carbons (Fsp3) is 1.00. The molecule has 6 aliphatic carbocycles. The van der Waals surface area contributed by atoms with Crippen LogP contribution in [-0.4, -0.2) is 30.2 Å². The molecule has 180 valence electrons. The average Bonchev–Trinajstić information content (AvgIpc) is 2.96. The molecule has 3 saturated heterocycles. The molecule has 0 amide bonds. The van der Waals surface area contributed by atoms with E-state index in [-0.39, 0.29) is 23.6 Å². The summed E-state index contributed by atoms with van der Waals surface area (Å²) >= 11 is 0. The SMILES string of the molecule is C[C@H]1[C@H](OCCC23CC4CC(CC(C4)C2)C3)O[C@@H]2C[C@]3(C)CC[C@H]4[C@H](C)CC[C@@H]1[C@@]24OO3. The lowest BCUT2D eigenvalue weighted by Crippen LogP contribution is -2.69. The first-order chi connectivity index (χ1) is 15.4. The molecule has 9 rings (SSSR count). The zero-order valence-corrected chi connectivity index (χ0v) is 20.5. The Labute approximate surface area is 194 Å². The predicted octanol–water partition coefficient (Wildman–Crippen LogP) is 6.28. The molecule has 3 aliphatic heterocycles. The number of hydrogen-bond acceptors (Lipinski definition) is 4. The highest BCUT2D eigenvalue weighted by Crippen LogP contribution is 2.63. The molecule has 4 heteroatoms. The van der Waals surface area contributed by atoms with Gasteiger partial charge in [-0.05, 0) is 113 Å². The Balaban J connectivity index is 1.08. The summed E-state index contributed by atoms with van der Waals surface area (Å²) in [5, 5.41) is 0. The summed E-state index contributed by atoms with van der Waals surface area (Å²) in [5.74, 6) is 5.14. The highest BCUT2D eigenvalue weighted by molar-refractivity contribution is 5.13. The lowest BCUT2D eigenvalue weighted by molar-refractivity contribution is -0.495. The van der Waals surface area contributed by atoms with E-state index in [1.54, 1.807) is 0 Å². The molecule has 0 N–H and O–H groups in total. The molecule has 1 spiro atoms. The highest BCUT2D eigenvalue weighted by atomic mass is 17.2. The molecule has 8 atom stereocenters. The van der Waals surface area contributed by atoms with Crippen molar-refractivity contribution in [3.63, 3.8) is 0 Å². The van der Waals surface area contributed by atoms with Gasteiger partial charge in [0.05, 0.1) is 12.7 Å². The Morgan fingerprint density at radius 1 is 0.844 bits per heavy atom. The Morgan fingerprint density at radius 3 is 2.28 bits per heavy atom. The third-order valence-corrected chi connectivity index (χ3v) is 11.7. The minimum absolute atomic E-state index is 0.0786. The van der Waals surface area contributed by atoms with Gasteiger partial charge in [-0.3, -0.25) is 0 Å². The molecule has 0 aromatic carbocycles. The van der Waals surface area contributed by atoms with E-state index in [2.05, 4.69) is 20.8 Å². The Morgan fingerprint density at radius 2 is 1.56 bits per heavy atom. The van der Waals surface area contributed by atoms with Crippen molar-refractivity contribution in [3.8, 4) is 0 Å². The summed E-state index contributed by atoms with van der Waals surface area (Å²) in [4.78, 5) is 12.6. The van der Waals surface area contributed by atoms with Crippen molar-refractivity contribution < 1.29 is 19.2 Å². The van der Waals surface area contributed by atoms with Gasteiger partial charge < -0.3 is 9.47 Å². The van der Waals surface area contributed by atoms with Crippen LogP contribution >= 0.6 is 0 Å². The van der Waals surface area contributed by atoms with Crippen molar-refractivity contribution in [1.29, 1.82) is 0 Å². The van der Waals surface area contributed by atoms with Gasteiger partial charge in [-0.15, -0.1) is 0 Å². The molecule has 4 nitrogen and oxygen atoms in total. The second kappa shape index (κ2) is 7.18. The van der Waals surface area contributed by atoms with Gasteiger partial charge in [0.15, 0.2) is 6.29 Å². The monoisotopic (exact) mass is 444 g/mol. The molecule has 9 aliphatic rings. The van der Waals surface area contributed by atoms with E-state index < -0.39 is 0 Å². The molecule has 3 heterocycles. The fourth-order valence-corrected chi connectivity index (χ4v) is 10.6. The van der Waals surface area contributed by atoms with Crippen molar-refractivity contribution in [2.24, 2.45) is 46.8 Å². The van der Waals surface area contributed by atoms with Crippen LogP contribution in [-0.2, 0) is 19.2 Å². The molecule has 6 bridgehead atoms. The molecular formula is C28H44O4. The first-order valence-electron chi connectivity index (χ1n) is 14.0. The van der Waals surface area contributed by atoms with Crippen molar-refractivity contribution >= 4 is 0 Å². The van der Waals surface area contributed by atoms with Crippen molar-refractivity contribution in [3.05, 3.63) is 0 Å². The van der Waals surface area contributed by atoms with Crippen LogP contribution < -0.4 is 0 Å². The van der Waals surface area contributed by atoms with Gasteiger partial charge >= 0.3 is 0 Å². The van der Waals surface area contributed by atoms with Gasteiger partial charge in [0, 0.05) is 18.3 Å². The molecule has 0 unspecified atom stereocenters. The van der Waals surface area contributed by atoms with Crippen LogP contribution in [0.25, 0.3) is 0 Å². The summed E-state index contributed by atoms with van der Waals surface area (Å²) in [5.41, 5.74) is 0.125. The zero-order chi connectivity index (χ0) is 21.7. The van der Waals surface area contributed by atoms with Crippen LogP contribution in [0.4, 0.5) is 0 Å². The second-order valence-corrected chi connectivity index (χ2v) is 13.9.